The molecule has 0 unspecified atom stereocenters. The summed E-state index contributed by atoms with van der Waals surface area (Å²) >= 11 is 0. The van der Waals surface area contributed by atoms with Crippen molar-refractivity contribution in [1.29, 1.82) is 0 Å². The van der Waals surface area contributed by atoms with Crippen molar-refractivity contribution >= 4 is 17.5 Å². The van der Waals surface area contributed by atoms with Crippen LogP contribution in [0, 0.1) is 6.92 Å². The molecule has 0 aliphatic carbocycles. The van der Waals surface area contributed by atoms with E-state index < -0.39 is 0 Å². The quantitative estimate of drug-likeness (QED) is 0.928. The zero-order chi connectivity index (χ0) is 18.0. The number of aryl methyl sites for hydroxylation is 1. The normalized spacial score (nSPS) is 17.1. The van der Waals surface area contributed by atoms with Crippen LogP contribution in [0.3, 0.4) is 0 Å². The van der Waals surface area contributed by atoms with Gasteiger partial charge in [0, 0.05) is 30.4 Å². The first-order valence-electron chi connectivity index (χ1n) is 8.37. The molecule has 0 saturated carbocycles. The number of hydrogen-bond acceptors (Lipinski definition) is 4. The van der Waals surface area contributed by atoms with Gasteiger partial charge in [0.05, 0.1) is 6.26 Å². The molecule has 1 aromatic carbocycles. The second kappa shape index (κ2) is 7.11. The number of rotatable bonds is 4. The highest BCUT2D eigenvalue weighted by Gasteiger charge is 2.28. The van der Waals surface area contributed by atoms with E-state index in [2.05, 4.69) is 10.2 Å². The number of benzene rings is 1. The standard InChI is InChI=1S/C19H23N3O3/c1-13-11-14(19(24)22-9-8-15(12-22)21(2)3)6-7-16(13)20-18(23)17-5-4-10-25-17/h4-7,10-11,15H,8-9,12H2,1-3H3,(H,20,23)/t15-/m1/s1. The number of nitrogens with one attached hydrogen (secondary N) is 1. The maximum Gasteiger partial charge on any atom is 0.291 e. The lowest BCUT2D eigenvalue weighted by atomic mass is 10.1. The third-order valence-electron chi connectivity index (χ3n) is 4.65. The Bertz CT molecular complexity index is 768. The molecule has 1 atom stereocenters. The Kier molecular flexibility index (Phi) is 4.90. The van der Waals surface area contributed by atoms with Crippen LogP contribution >= 0.6 is 0 Å². The minimum Gasteiger partial charge on any atom is -0.459 e. The van der Waals surface area contributed by atoms with Gasteiger partial charge in [0.15, 0.2) is 5.76 Å². The molecule has 3 rings (SSSR count). The second-order valence-electron chi connectivity index (χ2n) is 6.62. The highest BCUT2D eigenvalue weighted by molar-refractivity contribution is 6.03. The lowest BCUT2D eigenvalue weighted by Crippen LogP contribution is -2.34. The van der Waals surface area contributed by atoms with Crippen molar-refractivity contribution in [2.24, 2.45) is 0 Å². The van der Waals surface area contributed by atoms with Crippen molar-refractivity contribution in [3.63, 3.8) is 0 Å². The Labute approximate surface area is 147 Å². The van der Waals surface area contributed by atoms with E-state index in [-0.39, 0.29) is 17.6 Å². The first-order valence-corrected chi connectivity index (χ1v) is 8.37. The van der Waals surface area contributed by atoms with E-state index in [0.717, 1.165) is 25.1 Å². The summed E-state index contributed by atoms with van der Waals surface area (Å²) in [5.41, 5.74) is 2.16. The van der Waals surface area contributed by atoms with E-state index in [1.165, 1.54) is 6.26 Å². The van der Waals surface area contributed by atoms with E-state index in [9.17, 15) is 9.59 Å². The maximum absolute atomic E-state index is 12.7. The van der Waals surface area contributed by atoms with Crippen molar-refractivity contribution in [2.45, 2.75) is 19.4 Å². The molecule has 2 heterocycles. The summed E-state index contributed by atoms with van der Waals surface area (Å²) < 4.78 is 5.09. The molecular formula is C19H23N3O3. The molecule has 0 radical (unpaired) electrons. The number of nitrogens with zero attached hydrogens (tertiary/aromatic N) is 2. The van der Waals surface area contributed by atoms with E-state index >= 15 is 0 Å². The monoisotopic (exact) mass is 341 g/mol. The third-order valence-corrected chi connectivity index (χ3v) is 4.65. The van der Waals surface area contributed by atoms with E-state index in [1.807, 2.05) is 32.0 Å². The van der Waals surface area contributed by atoms with Crippen LogP contribution in [0.2, 0.25) is 0 Å². The smallest absolute Gasteiger partial charge is 0.291 e. The fraction of sp³-hybridized carbons (Fsp3) is 0.368. The second-order valence-corrected chi connectivity index (χ2v) is 6.62. The van der Waals surface area contributed by atoms with Crippen LogP contribution in [0.5, 0.6) is 0 Å². The van der Waals surface area contributed by atoms with Crippen LogP contribution in [0.25, 0.3) is 0 Å². The molecule has 2 aromatic rings. The molecule has 0 spiro atoms. The lowest BCUT2D eigenvalue weighted by Gasteiger charge is -2.20. The molecule has 25 heavy (non-hydrogen) atoms. The van der Waals surface area contributed by atoms with Crippen LogP contribution in [0.15, 0.2) is 41.0 Å². The summed E-state index contributed by atoms with van der Waals surface area (Å²) in [7, 11) is 4.08. The first kappa shape index (κ1) is 17.2. The zero-order valence-corrected chi connectivity index (χ0v) is 14.8. The average Bonchev–Trinajstić information content (AvgIpc) is 3.27. The van der Waals surface area contributed by atoms with Crippen LogP contribution < -0.4 is 5.32 Å². The van der Waals surface area contributed by atoms with Gasteiger partial charge in [-0.3, -0.25) is 9.59 Å². The zero-order valence-electron chi connectivity index (χ0n) is 14.8. The molecule has 132 valence electrons. The van der Waals surface area contributed by atoms with Gasteiger partial charge < -0.3 is 19.5 Å². The van der Waals surface area contributed by atoms with Crippen LogP contribution in [-0.2, 0) is 0 Å². The molecule has 1 aromatic heterocycles. The topological polar surface area (TPSA) is 65.8 Å². The minimum atomic E-state index is -0.305. The number of carbonyl (C=O) groups is 2. The number of furan rings is 1. The van der Waals surface area contributed by atoms with Gasteiger partial charge in [-0.05, 0) is 63.3 Å². The molecule has 0 bridgehead atoms. The maximum atomic E-state index is 12.7. The highest BCUT2D eigenvalue weighted by Crippen LogP contribution is 2.21. The highest BCUT2D eigenvalue weighted by atomic mass is 16.3. The fourth-order valence-corrected chi connectivity index (χ4v) is 3.06. The molecule has 2 amide bonds. The molecule has 6 heteroatoms. The van der Waals surface area contributed by atoms with Crippen molar-refractivity contribution in [3.8, 4) is 0 Å². The van der Waals surface area contributed by atoms with Crippen LogP contribution in [0.1, 0.15) is 32.9 Å². The van der Waals surface area contributed by atoms with Crippen LogP contribution in [0.4, 0.5) is 5.69 Å². The molecule has 6 nitrogen and oxygen atoms in total. The number of hydrogen-bond donors (Lipinski definition) is 1. The molecule has 1 fully saturated rings. The minimum absolute atomic E-state index is 0.0383. The molecule has 1 N–H and O–H groups in total. The van der Waals surface area contributed by atoms with E-state index in [0.29, 0.717) is 17.3 Å². The van der Waals surface area contributed by atoms with Gasteiger partial charge in [0.25, 0.3) is 11.8 Å². The van der Waals surface area contributed by atoms with Crippen LogP contribution in [-0.4, -0.2) is 54.8 Å². The molecule has 1 aliphatic rings. The predicted molar refractivity (Wildman–Crippen MR) is 95.8 cm³/mol. The molecule has 1 aliphatic heterocycles. The third kappa shape index (κ3) is 3.74. The first-order chi connectivity index (χ1) is 12.0. The van der Waals surface area contributed by atoms with Crippen molar-refractivity contribution in [1.82, 2.24) is 9.80 Å². The SMILES string of the molecule is Cc1cc(C(=O)N2CC[C@@H](N(C)C)C2)ccc1NC(=O)c1ccco1. The largest absolute Gasteiger partial charge is 0.459 e. The van der Waals surface area contributed by atoms with Crippen molar-refractivity contribution < 1.29 is 14.0 Å². The van der Waals surface area contributed by atoms with E-state index in [1.54, 1.807) is 24.3 Å². The molecular weight excluding hydrogens is 318 g/mol. The summed E-state index contributed by atoms with van der Waals surface area (Å²) in [5, 5.41) is 2.81. The number of likely N-dealkylation sites (N-methyl/N-ethyl adjacent to an activating group) is 1. The number of amides is 2. The summed E-state index contributed by atoms with van der Waals surface area (Å²) in [6, 6.07) is 9.04. The van der Waals surface area contributed by atoms with Gasteiger partial charge in [-0.2, -0.15) is 0 Å². The van der Waals surface area contributed by atoms with Gasteiger partial charge in [0.2, 0.25) is 0 Å². The van der Waals surface area contributed by atoms with Gasteiger partial charge in [0.1, 0.15) is 0 Å². The fourth-order valence-electron chi connectivity index (χ4n) is 3.06. The molecule has 1 saturated heterocycles. The van der Waals surface area contributed by atoms with Crippen molar-refractivity contribution in [2.75, 3.05) is 32.5 Å². The summed E-state index contributed by atoms with van der Waals surface area (Å²) in [4.78, 5) is 28.8. The Morgan fingerprint density at radius 1 is 1.28 bits per heavy atom. The van der Waals surface area contributed by atoms with Gasteiger partial charge in [-0.25, -0.2) is 0 Å². The lowest BCUT2D eigenvalue weighted by molar-refractivity contribution is 0.0783. The van der Waals surface area contributed by atoms with E-state index in [4.69, 9.17) is 4.42 Å². The predicted octanol–water partition coefficient (Wildman–Crippen LogP) is 2.62. The summed E-state index contributed by atoms with van der Waals surface area (Å²) in [5.74, 6) is -0.0109. The Balaban J connectivity index is 1.69. The Morgan fingerprint density at radius 3 is 2.68 bits per heavy atom. The Morgan fingerprint density at radius 2 is 2.08 bits per heavy atom. The number of carbonyl (C=O) groups excluding carboxylic acids is 2. The number of likely N-dealkylation sites (tertiary alicyclic amines) is 1. The summed E-state index contributed by atoms with van der Waals surface area (Å²) in [6.07, 6.45) is 2.45. The Hall–Kier alpha value is -2.60. The van der Waals surface area contributed by atoms with Crippen molar-refractivity contribution in [3.05, 3.63) is 53.5 Å². The van der Waals surface area contributed by atoms with Gasteiger partial charge >= 0.3 is 0 Å². The average molecular weight is 341 g/mol. The number of anilines is 1. The van der Waals surface area contributed by atoms with Gasteiger partial charge in [-0.15, -0.1) is 0 Å². The van der Waals surface area contributed by atoms with Gasteiger partial charge in [-0.1, -0.05) is 0 Å². The summed E-state index contributed by atoms with van der Waals surface area (Å²) in [6.45, 7) is 3.40.